The van der Waals surface area contributed by atoms with Crippen LogP contribution in [0.1, 0.15) is 21.1 Å². The van der Waals surface area contributed by atoms with E-state index in [-0.39, 0.29) is 5.91 Å². The number of nitrogens with zero attached hydrogens (tertiary/aromatic N) is 5. The average molecular weight is 493 g/mol. The summed E-state index contributed by atoms with van der Waals surface area (Å²) in [6, 6.07) is 13.6. The Morgan fingerprint density at radius 3 is 2.85 bits per heavy atom. The van der Waals surface area contributed by atoms with Gasteiger partial charge in [-0.2, -0.15) is 0 Å². The van der Waals surface area contributed by atoms with Gasteiger partial charge in [-0.15, -0.1) is 21.5 Å². The summed E-state index contributed by atoms with van der Waals surface area (Å²) in [5.41, 5.74) is 1.56. The van der Waals surface area contributed by atoms with E-state index in [4.69, 9.17) is 4.42 Å². The standard InChI is InChI=1S/C23H17FN6O2S2/c24-16-6-1-2-7-18(16)30-21(19-8-4-10-32-19)28-29-23(30)34-14-20-27-17(13-33-20)22(31)26-12-15-5-3-9-25-11-15/h1-11,13H,12,14H2,(H,26,31). The van der Waals surface area contributed by atoms with Gasteiger partial charge in [0.1, 0.15) is 16.5 Å². The Hall–Kier alpha value is -3.83. The molecule has 0 aliphatic carbocycles. The fraction of sp³-hybridized carbons (Fsp3) is 0.0870. The second kappa shape index (κ2) is 9.98. The molecule has 4 heterocycles. The second-order valence-electron chi connectivity index (χ2n) is 7.03. The topological polar surface area (TPSA) is 98.7 Å². The fourth-order valence-corrected chi connectivity index (χ4v) is 4.90. The lowest BCUT2D eigenvalue weighted by atomic mass is 10.3. The lowest BCUT2D eigenvalue weighted by Crippen LogP contribution is -2.23. The maximum absolute atomic E-state index is 14.6. The van der Waals surface area contributed by atoms with Crippen LogP contribution in [0.3, 0.4) is 0 Å². The number of carbonyl (C=O) groups is 1. The minimum atomic E-state index is -0.404. The molecule has 4 aromatic heterocycles. The molecule has 0 aliphatic heterocycles. The number of thioether (sulfide) groups is 1. The Kier molecular flexibility index (Phi) is 6.45. The van der Waals surface area contributed by atoms with Gasteiger partial charge in [-0.25, -0.2) is 9.37 Å². The SMILES string of the molecule is O=C(NCc1cccnc1)c1csc(CSc2nnc(-c3ccco3)n2-c2ccccc2F)n1. The first-order chi connectivity index (χ1) is 16.7. The Balaban J connectivity index is 1.32. The van der Waals surface area contributed by atoms with Crippen LogP contribution in [-0.2, 0) is 12.3 Å². The van der Waals surface area contributed by atoms with Crippen LogP contribution in [0.2, 0.25) is 0 Å². The van der Waals surface area contributed by atoms with Gasteiger partial charge in [0, 0.05) is 24.3 Å². The summed E-state index contributed by atoms with van der Waals surface area (Å²) in [5, 5.41) is 14.2. The highest BCUT2D eigenvalue weighted by atomic mass is 32.2. The number of rotatable bonds is 8. The van der Waals surface area contributed by atoms with Gasteiger partial charge in [-0.05, 0) is 35.9 Å². The minimum Gasteiger partial charge on any atom is -0.461 e. The number of benzene rings is 1. The number of nitrogens with one attached hydrogen (secondary N) is 1. The van der Waals surface area contributed by atoms with Crippen molar-refractivity contribution in [3.8, 4) is 17.3 Å². The molecule has 0 bridgehead atoms. The number of hydrogen-bond acceptors (Lipinski definition) is 8. The number of carbonyl (C=O) groups excluding carboxylic acids is 1. The summed E-state index contributed by atoms with van der Waals surface area (Å²) in [4.78, 5) is 20.9. The smallest absolute Gasteiger partial charge is 0.271 e. The van der Waals surface area contributed by atoms with Crippen molar-refractivity contribution in [2.75, 3.05) is 0 Å². The Labute approximate surface area is 201 Å². The fourth-order valence-electron chi connectivity index (χ4n) is 3.16. The molecule has 1 N–H and O–H groups in total. The van der Waals surface area contributed by atoms with Gasteiger partial charge in [-0.1, -0.05) is 30.0 Å². The molecule has 0 fully saturated rings. The predicted octanol–water partition coefficient (Wildman–Crippen LogP) is 4.74. The number of thiazole rings is 1. The Bertz CT molecular complexity index is 1400. The number of amides is 1. The van der Waals surface area contributed by atoms with Crippen molar-refractivity contribution in [2.45, 2.75) is 17.5 Å². The monoisotopic (exact) mass is 492 g/mol. The molecule has 0 saturated heterocycles. The molecule has 0 unspecified atom stereocenters. The molecule has 34 heavy (non-hydrogen) atoms. The van der Waals surface area contributed by atoms with Gasteiger partial charge < -0.3 is 9.73 Å². The van der Waals surface area contributed by atoms with Gasteiger partial charge in [0.05, 0.1) is 17.7 Å². The summed E-state index contributed by atoms with van der Waals surface area (Å²) in [6.45, 7) is 0.371. The summed E-state index contributed by atoms with van der Waals surface area (Å²) in [5.74, 6) is 0.645. The van der Waals surface area contributed by atoms with E-state index in [2.05, 4.69) is 25.5 Å². The number of hydrogen-bond donors (Lipinski definition) is 1. The molecule has 8 nitrogen and oxygen atoms in total. The van der Waals surface area contributed by atoms with E-state index in [0.717, 1.165) is 10.6 Å². The maximum atomic E-state index is 14.6. The van der Waals surface area contributed by atoms with E-state index in [1.165, 1.54) is 35.4 Å². The van der Waals surface area contributed by atoms with Crippen LogP contribution in [0.5, 0.6) is 0 Å². The highest BCUT2D eigenvalue weighted by Crippen LogP contribution is 2.31. The number of halogens is 1. The van der Waals surface area contributed by atoms with Gasteiger partial charge in [-0.3, -0.25) is 14.3 Å². The zero-order valence-corrected chi connectivity index (χ0v) is 19.2. The molecule has 0 saturated carbocycles. The molecule has 1 aromatic carbocycles. The molecule has 170 valence electrons. The van der Waals surface area contributed by atoms with E-state index in [0.29, 0.717) is 40.4 Å². The Morgan fingerprint density at radius 2 is 2.06 bits per heavy atom. The van der Waals surface area contributed by atoms with E-state index in [9.17, 15) is 9.18 Å². The van der Waals surface area contributed by atoms with Gasteiger partial charge >= 0.3 is 0 Å². The number of aromatic nitrogens is 5. The van der Waals surface area contributed by atoms with E-state index in [1.54, 1.807) is 52.7 Å². The molecule has 0 aliphatic rings. The molecule has 11 heteroatoms. The van der Waals surface area contributed by atoms with Crippen molar-refractivity contribution in [1.82, 2.24) is 30.0 Å². The van der Waals surface area contributed by atoms with Crippen molar-refractivity contribution in [3.05, 3.63) is 94.7 Å². The largest absolute Gasteiger partial charge is 0.461 e. The van der Waals surface area contributed by atoms with Crippen LogP contribution in [0, 0.1) is 5.82 Å². The number of pyridine rings is 1. The predicted molar refractivity (Wildman–Crippen MR) is 126 cm³/mol. The van der Waals surface area contributed by atoms with Crippen LogP contribution in [0.15, 0.2) is 82.1 Å². The number of para-hydroxylation sites is 1. The summed E-state index contributed by atoms with van der Waals surface area (Å²) >= 11 is 2.72. The normalized spacial score (nSPS) is 11.0. The van der Waals surface area contributed by atoms with E-state index < -0.39 is 5.82 Å². The maximum Gasteiger partial charge on any atom is 0.271 e. The van der Waals surface area contributed by atoms with Crippen molar-refractivity contribution < 1.29 is 13.6 Å². The molecular weight excluding hydrogens is 475 g/mol. The quantitative estimate of drug-likeness (QED) is 0.312. The van der Waals surface area contributed by atoms with Crippen LogP contribution in [0.25, 0.3) is 17.3 Å². The van der Waals surface area contributed by atoms with Gasteiger partial charge in [0.15, 0.2) is 10.9 Å². The first kappa shape index (κ1) is 22.0. The van der Waals surface area contributed by atoms with Crippen molar-refractivity contribution in [3.63, 3.8) is 0 Å². The van der Waals surface area contributed by atoms with Crippen LogP contribution < -0.4 is 5.32 Å². The lowest BCUT2D eigenvalue weighted by Gasteiger charge is -2.09. The highest BCUT2D eigenvalue weighted by molar-refractivity contribution is 7.98. The van der Waals surface area contributed by atoms with Crippen molar-refractivity contribution >= 4 is 29.0 Å². The third-order valence-corrected chi connectivity index (χ3v) is 6.73. The molecular formula is C23H17FN6O2S2. The van der Waals surface area contributed by atoms with Crippen LogP contribution in [-0.4, -0.2) is 30.6 Å². The third kappa shape index (κ3) is 4.75. The molecule has 0 atom stereocenters. The third-order valence-electron chi connectivity index (χ3n) is 4.75. The lowest BCUT2D eigenvalue weighted by molar-refractivity contribution is 0.0946. The molecule has 0 radical (unpaired) electrons. The zero-order chi connectivity index (χ0) is 23.3. The molecule has 5 aromatic rings. The second-order valence-corrected chi connectivity index (χ2v) is 8.91. The zero-order valence-electron chi connectivity index (χ0n) is 17.6. The first-order valence-electron chi connectivity index (χ1n) is 10.2. The average Bonchev–Trinajstić information content (AvgIpc) is 3.63. The summed E-state index contributed by atoms with van der Waals surface area (Å²) < 4.78 is 21.7. The minimum absolute atomic E-state index is 0.258. The highest BCUT2D eigenvalue weighted by Gasteiger charge is 2.21. The molecule has 0 spiro atoms. The van der Waals surface area contributed by atoms with Crippen molar-refractivity contribution in [1.29, 1.82) is 0 Å². The Morgan fingerprint density at radius 1 is 1.15 bits per heavy atom. The summed E-state index contributed by atoms with van der Waals surface area (Å²) in [6.07, 6.45) is 4.91. The van der Waals surface area contributed by atoms with Gasteiger partial charge in [0.25, 0.3) is 5.91 Å². The van der Waals surface area contributed by atoms with Crippen LogP contribution in [0.4, 0.5) is 4.39 Å². The first-order valence-corrected chi connectivity index (χ1v) is 12.0. The van der Waals surface area contributed by atoms with Gasteiger partial charge in [0.2, 0.25) is 5.82 Å². The van der Waals surface area contributed by atoms with E-state index in [1.807, 2.05) is 12.1 Å². The number of furan rings is 1. The van der Waals surface area contributed by atoms with Crippen molar-refractivity contribution in [2.24, 2.45) is 0 Å². The van der Waals surface area contributed by atoms with Crippen LogP contribution >= 0.6 is 23.1 Å². The summed E-state index contributed by atoms with van der Waals surface area (Å²) in [7, 11) is 0. The molecule has 5 rings (SSSR count). The van der Waals surface area contributed by atoms with E-state index >= 15 is 0 Å². The molecule has 1 amide bonds.